The van der Waals surface area contributed by atoms with Gasteiger partial charge in [0.1, 0.15) is 0 Å². The monoisotopic (exact) mass is 432 g/mol. The van der Waals surface area contributed by atoms with Crippen LogP contribution in [0.2, 0.25) is 0 Å². The van der Waals surface area contributed by atoms with Crippen LogP contribution in [0.25, 0.3) is 10.8 Å². The van der Waals surface area contributed by atoms with E-state index in [2.05, 4.69) is 21.0 Å². The predicted molar refractivity (Wildman–Crippen MR) is 124 cm³/mol. The second kappa shape index (κ2) is 7.84. The van der Waals surface area contributed by atoms with Crippen LogP contribution in [0, 0.1) is 11.8 Å². The number of likely N-dealkylation sites (tertiary alicyclic amines) is 1. The number of benzene rings is 1. The molecule has 6 heteroatoms. The molecule has 168 valence electrons. The zero-order valence-electron chi connectivity index (χ0n) is 18.9. The lowest BCUT2D eigenvalue weighted by molar-refractivity contribution is -0.135. The topological polar surface area (TPSA) is 58.4 Å². The van der Waals surface area contributed by atoms with E-state index in [4.69, 9.17) is 0 Å². The number of hydrogen-bond acceptors (Lipinski definition) is 4. The van der Waals surface area contributed by atoms with Crippen LogP contribution < -0.4 is 5.56 Å². The van der Waals surface area contributed by atoms with E-state index >= 15 is 0 Å². The highest BCUT2D eigenvalue weighted by Gasteiger charge is 2.46. The Morgan fingerprint density at radius 2 is 1.97 bits per heavy atom. The molecule has 0 saturated carbocycles. The first kappa shape index (κ1) is 20.2. The van der Waals surface area contributed by atoms with Gasteiger partial charge in [-0.3, -0.25) is 14.5 Å². The molecule has 0 spiro atoms. The Morgan fingerprint density at radius 3 is 2.84 bits per heavy atom. The van der Waals surface area contributed by atoms with E-state index < -0.39 is 0 Å². The fourth-order valence-electron chi connectivity index (χ4n) is 7.00. The smallest absolute Gasteiger partial charge is 0.274 e. The van der Waals surface area contributed by atoms with Gasteiger partial charge in [-0.1, -0.05) is 36.3 Å². The molecule has 6 rings (SSSR count). The molecule has 1 aromatic carbocycles. The quantitative estimate of drug-likeness (QED) is 0.685. The van der Waals surface area contributed by atoms with Crippen molar-refractivity contribution in [2.45, 2.75) is 57.0 Å². The third-order valence-electron chi connectivity index (χ3n) is 8.33. The van der Waals surface area contributed by atoms with Gasteiger partial charge < -0.3 is 4.90 Å². The average molecular weight is 433 g/mol. The summed E-state index contributed by atoms with van der Waals surface area (Å²) in [6.45, 7) is 3.18. The van der Waals surface area contributed by atoms with Crippen molar-refractivity contribution in [1.29, 1.82) is 0 Å². The third kappa shape index (κ3) is 3.22. The van der Waals surface area contributed by atoms with Crippen molar-refractivity contribution in [2.24, 2.45) is 18.9 Å². The van der Waals surface area contributed by atoms with Gasteiger partial charge in [-0.25, -0.2) is 4.68 Å². The Bertz CT molecular complexity index is 1150. The number of nitrogens with zero attached hydrogens (tertiary/aromatic N) is 4. The molecule has 4 heterocycles. The molecule has 4 aliphatic rings. The number of fused-ring (bicyclic) bond motifs is 7. The average Bonchev–Trinajstić information content (AvgIpc) is 2.82. The van der Waals surface area contributed by atoms with Crippen LogP contribution in [0.5, 0.6) is 0 Å². The van der Waals surface area contributed by atoms with Gasteiger partial charge in [-0.15, -0.1) is 0 Å². The van der Waals surface area contributed by atoms with Crippen molar-refractivity contribution < 1.29 is 4.79 Å². The highest BCUT2D eigenvalue weighted by Crippen LogP contribution is 2.45. The van der Waals surface area contributed by atoms with Gasteiger partial charge in [0.05, 0.1) is 23.5 Å². The first-order valence-corrected chi connectivity index (χ1v) is 12.3. The number of amides is 1. The minimum absolute atomic E-state index is 0.114. The number of aryl methyl sites for hydroxylation is 1. The molecule has 32 heavy (non-hydrogen) atoms. The van der Waals surface area contributed by atoms with Gasteiger partial charge in [0.25, 0.3) is 5.56 Å². The maximum Gasteiger partial charge on any atom is 0.274 e. The molecule has 1 aliphatic carbocycles. The Balaban J connectivity index is 1.31. The predicted octanol–water partition coefficient (Wildman–Crippen LogP) is 2.90. The first-order valence-electron chi connectivity index (χ1n) is 12.3. The van der Waals surface area contributed by atoms with Crippen LogP contribution in [-0.4, -0.2) is 57.2 Å². The Morgan fingerprint density at radius 1 is 1.12 bits per heavy atom. The van der Waals surface area contributed by atoms with Gasteiger partial charge >= 0.3 is 0 Å². The minimum Gasteiger partial charge on any atom is -0.335 e. The summed E-state index contributed by atoms with van der Waals surface area (Å²) in [7, 11) is 1.67. The summed E-state index contributed by atoms with van der Waals surface area (Å²) in [5.74, 6) is 1.36. The van der Waals surface area contributed by atoms with Gasteiger partial charge in [0.2, 0.25) is 5.91 Å². The zero-order valence-corrected chi connectivity index (χ0v) is 18.9. The number of aromatic nitrogens is 2. The third-order valence-corrected chi connectivity index (χ3v) is 8.33. The zero-order chi connectivity index (χ0) is 21.8. The standard InChI is InChI=1S/C26H32N4O2/c1-28-26(32)21-9-3-2-8-20(21)22(27-28)15-24(31)30-12-6-7-17-13-18-14-19(25(17)30)16-29-11-5-4-10-23(18)29/h2-3,8-9,13,18-19,23,25H,4-7,10-12,14-16H2,1H3/t18?,19?,23-,25-/m1/s1. The molecule has 3 aliphatic heterocycles. The molecule has 1 amide bonds. The van der Waals surface area contributed by atoms with Crippen LogP contribution in [0.1, 0.15) is 44.2 Å². The lowest BCUT2D eigenvalue weighted by atomic mass is 9.68. The summed E-state index contributed by atoms with van der Waals surface area (Å²) in [5, 5.41) is 5.93. The number of carbonyl (C=O) groups excluding carboxylic acids is 1. The molecule has 3 saturated heterocycles. The van der Waals surface area contributed by atoms with Gasteiger partial charge in [0.15, 0.2) is 0 Å². The Kier molecular flexibility index (Phi) is 4.94. The number of carbonyl (C=O) groups is 1. The molecular formula is C26H32N4O2. The number of piperidine rings is 3. The Hall–Kier alpha value is -2.47. The van der Waals surface area contributed by atoms with E-state index in [-0.39, 0.29) is 23.9 Å². The van der Waals surface area contributed by atoms with Crippen molar-refractivity contribution in [3.63, 3.8) is 0 Å². The molecule has 6 nitrogen and oxygen atoms in total. The molecule has 3 fully saturated rings. The van der Waals surface area contributed by atoms with E-state index in [0.717, 1.165) is 37.4 Å². The van der Waals surface area contributed by atoms with Crippen molar-refractivity contribution in [2.75, 3.05) is 19.6 Å². The highest BCUT2D eigenvalue weighted by molar-refractivity contribution is 5.88. The fourth-order valence-corrected chi connectivity index (χ4v) is 7.00. The summed E-state index contributed by atoms with van der Waals surface area (Å²) in [6, 6.07) is 8.49. The lowest BCUT2D eigenvalue weighted by Gasteiger charge is -2.54. The van der Waals surface area contributed by atoms with Crippen LogP contribution in [0.15, 0.2) is 40.7 Å². The molecule has 2 bridgehead atoms. The van der Waals surface area contributed by atoms with Crippen molar-refractivity contribution in [3.05, 3.63) is 52.0 Å². The maximum absolute atomic E-state index is 13.7. The van der Waals surface area contributed by atoms with E-state index in [1.807, 2.05) is 24.3 Å². The highest BCUT2D eigenvalue weighted by atomic mass is 16.2. The second-order valence-corrected chi connectivity index (χ2v) is 10.2. The van der Waals surface area contributed by atoms with Crippen LogP contribution in [0.4, 0.5) is 0 Å². The summed E-state index contributed by atoms with van der Waals surface area (Å²) in [4.78, 5) is 31.0. The van der Waals surface area contributed by atoms with Gasteiger partial charge in [-0.2, -0.15) is 5.10 Å². The summed E-state index contributed by atoms with van der Waals surface area (Å²) in [5.41, 5.74) is 2.10. The second-order valence-electron chi connectivity index (χ2n) is 10.2. The van der Waals surface area contributed by atoms with Crippen molar-refractivity contribution >= 4 is 16.7 Å². The summed E-state index contributed by atoms with van der Waals surface area (Å²) >= 11 is 0. The van der Waals surface area contributed by atoms with Crippen LogP contribution in [-0.2, 0) is 18.3 Å². The van der Waals surface area contributed by atoms with Gasteiger partial charge in [0, 0.05) is 31.6 Å². The lowest BCUT2D eigenvalue weighted by Crippen LogP contribution is -2.60. The largest absolute Gasteiger partial charge is 0.335 e. The summed E-state index contributed by atoms with van der Waals surface area (Å²) in [6.07, 6.45) is 10.2. The molecule has 1 aromatic heterocycles. The Labute approximate surface area is 188 Å². The van der Waals surface area contributed by atoms with E-state index in [9.17, 15) is 9.59 Å². The van der Waals surface area contributed by atoms with Crippen LogP contribution in [0.3, 0.4) is 0 Å². The van der Waals surface area contributed by atoms with E-state index in [1.54, 1.807) is 7.05 Å². The molecule has 2 unspecified atom stereocenters. The van der Waals surface area contributed by atoms with Crippen molar-refractivity contribution in [1.82, 2.24) is 19.6 Å². The molecule has 0 N–H and O–H groups in total. The van der Waals surface area contributed by atoms with E-state index in [1.165, 1.54) is 42.5 Å². The molecule has 0 radical (unpaired) electrons. The normalized spacial score (nSPS) is 29.9. The maximum atomic E-state index is 13.7. The minimum atomic E-state index is -0.114. The number of hydrogen-bond donors (Lipinski definition) is 0. The molecular weight excluding hydrogens is 400 g/mol. The van der Waals surface area contributed by atoms with Crippen LogP contribution >= 0.6 is 0 Å². The number of rotatable bonds is 2. The van der Waals surface area contributed by atoms with E-state index in [0.29, 0.717) is 22.9 Å². The summed E-state index contributed by atoms with van der Waals surface area (Å²) < 4.78 is 1.37. The van der Waals surface area contributed by atoms with Crippen molar-refractivity contribution in [3.8, 4) is 0 Å². The molecule has 2 aromatic rings. The van der Waals surface area contributed by atoms with Gasteiger partial charge in [-0.05, 0) is 56.6 Å². The first-order chi connectivity index (χ1) is 15.6. The fraction of sp³-hybridized carbons (Fsp3) is 0.577. The molecule has 4 atom stereocenters. The SMILES string of the molecule is Cn1nc(CC(=O)N2CCCC3=CC4CC(CN5CCCC[C@H]45)[C@@H]32)c2ccccc2c1=O.